The van der Waals surface area contributed by atoms with Crippen molar-refractivity contribution in [1.29, 1.82) is 0 Å². The van der Waals surface area contributed by atoms with Crippen LogP contribution in [0.2, 0.25) is 0 Å². The number of carbonyl (C=O) groups excluding carboxylic acids is 1. The van der Waals surface area contributed by atoms with Gasteiger partial charge in [-0.1, -0.05) is 0 Å². The van der Waals surface area contributed by atoms with Crippen LogP contribution in [0.5, 0.6) is 0 Å². The maximum absolute atomic E-state index is 12.5. The number of amides is 1. The molecule has 0 unspecified atom stereocenters. The molecule has 1 N–H and O–H groups in total. The van der Waals surface area contributed by atoms with Crippen molar-refractivity contribution in [1.82, 2.24) is 30.0 Å². The van der Waals surface area contributed by atoms with Crippen molar-refractivity contribution in [3.63, 3.8) is 0 Å². The van der Waals surface area contributed by atoms with Crippen molar-refractivity contribution in [2.45, 2.75) is 44.1 Å². The molecule has 1 atom stereocenters. The number of nitrogens with one attached hydrogen (secondary N) is 1. The van der Waals surface area contributed by atoms with Crippen LogP contribution in [0, 0.1) is 0 Å². The van der Waals surface area contributed by atoms with Gasteiger partial charge in [-0.3, -0.25) is 9.78 Å². The first-order valence-corrected chi connectivity index (χ1v) is 9.30. The number of fused-ring (bicyclic) bond motifs is 1. The summed E-state index contributed by atoms with van der Waals surface area (Å²) >= 11 is 0. The van der Waals surface area contributed by atoms with Crippen molar-refractivity contribution >= 4 is 5.91 Å². The maximum Gasteiger partial charge on any atom is 0.289 e. The Labute approximate surface area is 156 Å². The van der Waals surface area contributed by atoms with E-state index >= 15 is 0 Å². The second kappa shape index (κ2) is 6.29. The Bertz CT molecular complexity index is 1000. The molecule has 1 fully saturated rings. The van der Waals surface area contributed by atoms with Crippen LogP contribution in [0.1, 0.15) is 65.4 Å². The third-order valence-electron chi connectivity index (χ3n) is 5.20. The van der Waals surface area contributed by atoms with Gasteiger partial charge in [0.2, 0.25) is 11.7 Å². The molecule has 2 aliphatic carbocycles. The lowest BCUT2D eigenvalue weighted by molar-refractivity contribution is 0.0916. The normalized spacial score (nSPS) is 18.9. The van der Waals surface area contributed by atoms with E-state index in [4.69, 9.17) is 9.40 Å². The molecule has 5 rings (SSSR count). The van der Waals surface area contributed by atoms with Gasteiger partial charge in [0, 0.05) is 36.8 Å². The number of hydrogen-bond acceptors (Lipinski definition) is 6. The van der Waals surface area contributed by atoms with Crippen LogP contribution >= 0.6 is 0 Å². The van der Waals surface area contributed by atoms with Gasteiger partial charge in [-0.2, -0.15) is 5.10 Å². The minimum atomic E-state index is -0.252. The van der Waals surface area contributed by atoms with Crippen molar-refractivity contribution in [2.75, 3.05) is 0 Å². The number of aryl methyl sites for hydroxylation is 2. The summed E-state index contributed by atoms with van der Waals surface area (Å²) in [5.41, 5.74) is 2.87. The van der Waals surface area contributed by atoms with Gasteiger partial charge in [0.25, 0.3) is 5.91 Å². The summed E-state index contributed by atoms with van der Waals surface area (Å²) < 4.78 is 7.51. The van der Waals surface area contributed by atoms with Gasteiger partial charge in [-0.25, -0.2) is 14.6 Å². The molecule has 0 spiro atoms. The predicted octanol–water partition coefficient (Wildman–Crippen LogP) is 2.55. The number of oxazole rings is 1. The summed E-state index contributed by atoms with van der Waals surface area (Å²) in [6.45, 7) is 0. The molecule has 0 aromatic carbocycles. The van der Waals surface area contributed by atoms with E-state index in [1.54, 1.807) is 7.05 Å². The first-order valence-electron chi connectivity index (χ1n) is 9.30. The van der Waals surface area contributed by atoms with Crippen LogP contribution in [-0.2, 0) is 13.5 Å². The minimum Gasteiger partial charge on any atom is -0.441 e. The lowest BCUT2D eigenvalue weighted by Gasteiger charge is -2.20. The van der Waals surface area contributed by atoms with E-state index in [1.807, 2.05) is 12.3 Å². The smallest absolute Gasteiger partial charge is 0.289 e. The predicted molar refractivity (Wildman–Crippen MR) is 95.9 cm³/mol. The van der Waals surface area contributed by atoms with Gasteiger partial charge in [0.05, 0.1) is 6.04 Å². The molecule has 27 heavy (non-hydrogen) atoms. The van der Waals surface area contributed by atoms with Crippen LogP contribution in [0.4, 0.5) is 0 Å². The van der Waals surface area contributed by atoms with Crippen LogP contribution in [0.25, 0.3) is 11.5 Å². The zero-order valence-electron chi connectivity index (χ0n) is 15.1. The lowest BCUT2D eigenvalue weighted by atomic mass is 9.97. The Morgan fingerprint density at radius 1 is 1.30 bits per heavy atom. The molecule has 8 heteroatoms. The van der Waals surface area contributed by atoms with E-state index in [2.05, 4.69) is 26.4 Å². The average molecular weight is 364 g/mol. The van der Waals surface area contributed by atoms with Gasteiger partial charge in [-0.05, 0) is 37.8 Å². The quantitative estimate of drug-likeness (QED) is 0.764. The Morgan fingerprint density at radius 2 is 2.19 bits per heavy atom. The summed E-state index contributed by atoms with van der Waals surface area (Å²) in [6.07, 6.45) is 8.19. The molecule has 3 aromatic heterocycles. The molecule has 3 heterocycles. The molecular weight excluding hydrogens is 344 g/mol. The molecule has 8 nitrogen and oxygen atoms in total. The Kier molecular flexibility index (Phi) is 3.77. The molecule has 1 amide bonds. The largest absolute Gasteiger partial charge is 0.441 e. The van der Waals surface area contributed by atoms with Crippen molar-refractivity contribution in [3.05, 3.63) is 47.6 Å². The highest BCUT2D eigenvalue weighted by atomic mass is 16.4. The minimum absolute atomic E-state index is 0.180. The maximum atomic E-state index is 12.5. The van der Waals surface area contributed by atoms with Gasteiger partial charge in [0.1, 0.15) is 17.8 Å². The molecule has 0 saturated heterocycles. The molecule has 0 aliphatic heterocycles. The van der Waals surface area contributed by atoms with Crippen LogP contribution in [-0.4, -0.2) is 30.6 Å². The summed E-state index contributed by atoms with van der Waals surface area (Å²) in [5.74, 6) is 2.06. The summed E-state index contributed by atoms with van der Waals surface area (Å²) in [4.78, 5) is 25.7. The number of nitrogens with zero attached hydrogens (tertiary/aromatic N) is 5. The zero-order chi connectivity index (χ0) is 18.4. The Hall–Kier alpha value is -3.03. The molecule has 0 radical (unpaired) electrons. The molecule has 2 aliphatic rings. The molecule has 1 saturated carbocycles. The third-order valence-corrected chi connectivity index (χ3v) is 5.20. The number of carbonyl (C=O) groups is 1. The van der Waals surface area contributed by atoms with E-state index in [-0.39, 0.29) is 17.8 Å². The first kappa shape index (κ1) is 16.2. The average Bonchev–Trinajstić information content (AvgIpc) is 3.29. The molecule has 0 bridgehead atoms. The SMILES string of the molecule is Cn1ncnc1C(=O)N[C@@H]1CCCc2oc(-c3ccnc(C4CC4)c3)nc21. The monoisotopic (exact) mass is 364 g/mol. The molecule has 3 aromatic rings. The molecule has 138 valence electrons. The molecular formula is C19H20N6O2. The third kappa shape index (κ3) is 3.01. The highest BCUT2D eigenvalue weighted by Gasteiger charge is 2.30. The first-order chi connectivity index (χ1) is 13.2. The fraction of sp³-hybridized carbons (Fsp3) is 0.421. The summed E-state index contributed by atoms with van der Waals surface area (Å²) in [5, 5.41) is 6.98. The van der Waals surface area contributed by atoms with Gasteiger partial charge < -0.3 is 9.73 Å². The van der Waals surface area contributed by atoms with Gasteiger partial charge in [-0.15, -0.1) is 0 Å². The number of rotatable bonds is 4. The van der Waals surface area contributed by atoms with Crippen molar-refractivity contribution < 1.29 is 9.21 Å². The van der Waals surface area contributed by atoms with Crippen molar-refractivity contribution in [3.8, 4) is 11.5 Å². The van der Waals surface area contributed by atoms with Crippen LogP contribution in [0.3, 0.4) is 0 Å². The second-order valence-corrected chi connectivity index (χ2v) is 7.20. The number of pyridine rings is 1. The highest BCUT2D eigenvalue weighted by molar-refractivity contribution is 5.90. The number of hydrogen-bond donors (Lipinski definition) is 1. The summed E-state index contributed by atoms with van der Waals surface area (Å²) in [6, 6.07) is 3.82. The van der Waals surface area contributed by atoms with E-state index < -0.39 is 0 Å². The van der Waals surface area contributed by atoms with E-state index in [0.717, 1.165) is 42.0 Å². The lowest BCUT2D eigenvalue weighted by Crippen LogP contribution is -2.32. The summed E-state index contributed by atoms with van der Waals surface area (Å²) in [7, 11) is 1.70. The Morgan fingerprint density at radius 3 is 2.96 bits per heavy atom. The van der Waals surface area contributed by atoms with Gasteiger partial charge in [0.15, 0.2) is 0 Å². The fourth-order valence-corrected chi connectivity index (χ4v) is 3.59. The second-order valence-electron chi connectivity index (χ2n) is 7.20. The van der Waals surface area contributed by atoms with E-state index in [0.29, 0.717) is 11.8 Å². The zero-order valence-corrected chi connectivity index (χ0v) is 15.1. The number of aromatic nitrogens is 5. The van der Waals surface area contributed by atoms with Crippen LogP contribution < -0.4 is 5.32 Å². The fourth-order valence-electron chi connectivity index (χ4n) is 3.59. The van der Waals surface area contributed by atoms with Crippen molar-refractivity contribution in [2.24, 2.45) is 7.05 Å². The van der Waals surface area contributed by atoms with Crippen LogP contribution in [0.15, 0.2) is 29.1 Å². The van der Waals surface area contributed by atoms with Gasteiger partial charge >= 0.3 is 0 Å². The topological polar surface area (TPSA) is 98.7 Å². The highest BCUT2D eigenvalue weighted by Crippen LogP contribution is 2.40. The van der Waals surface area contributed by atoms with E-state index in [1.165, 1.54) is 23.9 Å². The standard InChI is InChI=1S/C19H20N6O2/c1-25-17(21-10-22-25)18(26)23-13-3-2-4-15-16(13)24-19(27-15)12-7-8-20-14(9-12)11-5-6-11/h7-11,13H,2-6H2,1H3,(H,23,26)/t13-/m1/s1. The van der Waals surface area contributed by atoms with E-state index in [9.17, 15) is 4.79 Å². The Balaban J connectivity index is 1.42.